The predicted molar refractivity (Wildman–Crippen MR) is 140 cm³/mol. The van der Waals surface area contributed by atoms with E-state index in [1.165, 1.54) is 30.5 Å². The lowest BCUT2D eigenvalue weighted by atomic mass is 10.1. The molecule has 0 bridgehead atoms. The van der Waals surface area contributed by atoms with Crippen LogP contribution in [0.1, 0.15) is 28.5 Å². The van der Waals surface area contributed by atoms with Gasteiger partial charge in [0.15, 0.2) is 28.9 Å². The van der Waals surface area contributed by atoms with Crippen molar-refractivity contribution in [1.29, 1.82) is 0 Å². The van der Waals surface area contributed by atoms with E-state index in [1.54, 1.807) is 0 Å². The number of alkyl halides is 3. The molecule has 0 unspecified atom stereocenters. The number of carbonyl (C=O) groups excluding carboxylic acids is 1. The zero-order valence-electron chi connectivity index (χ0n) is 22.0. The van der Waals surface area contributed by atoms with Crippen LogP contribution in [-0.2, 0) is 17.5 Å². The normalized spacial score (nSPS) is 15.9. The maximum Gasteiger partial charge on any atom is 0.434 e. The van der Waals surface area contributed by atoms with Gasteiger partial charge in [-0.1, -0.05) is 0 Å². The SMILES string of the molecule is C[C@@H]1COCCN1Cc1c(Oc2ccc(NC(=O)c3cnn(-c4ncccc4F)c3C(F)(F)F)cc2F)ccnc1N. The Labute approximate surface area is 235 Å². The van der Waals surface area contributed by atoms with E-state index < -0.39 is 40.8 Å². The van der Waals surface area contributed by atoms with E-state index in [0.717, 1.165) is 18.3 Å². The van der Waals surface area contributed by atoms with Crippen molar-refractivity contribution in [3.8, 4) is 17.3 Å². The third-order valence-electron chi connectivity index (χ3n) is 6.54. The second kappa shape index (κ2) is 11.7. The molecule has 0 radical (unpaired) electrons. The van der Waals surface area contributed by atoms with Crippen molar-refractivity contribution in [2.24, 2.45) is 0 Å². The lowest BCUT2D eigenvalue weighted by Crippen LogP contribution is -2.43. The van der Waals surface area contributed by atoms with Gasteiger partial charge in [-0.2, -0.15) is 18.3 Å². The van der Waals surface area contributed by atoms with Crippen LogP contribution in [0.3, 0.4) is 0 Å². The van der Waals surface area contributed by atoms with Crippen molar-refractivity contribution in [3.63, 3.8) is 0 Å². The Balaban J connectivity index is 1.37. The average molecular weight is 590 g/mol. The van der Waals surface area contributed by atoms with Crippen molar-refractivity contribution < 1.29 is 36.2 Å². The van der Waals surface area contributed by atoms with Crippen LogP contribution in [0.4, 0.5) is 33.5 Å². The number of amides is 1. The summed E-state index contributed by atoms with van der Waals surface area (Å²) in [6.07, 6.45) is -1.97. The number of aromatic nitrogens is 4. The minimum absolute atomic E-state index is 0.110. The van der Waals surface area contributed by atoms with Gasteiger partial charge in [-0.05, 0) is 37.3 Å². The first-order valence-electron chi connectivity index (χ1n) is 12.6. The molecule has 10 nitrogen and oxygen atoms in total. The minimum atomic E-state index is -5.10. The number of hydrogen-bond acceptors (Lipinski definition) is 8. The third kappa shape index (κ3) is 6.01. The molecule has 1 aliphatic heterocycles. The molecule has 0 aliphatic carbocycles. The molecule has 5 rings (SSSR count). The smallest absolute Gasteiger partial charge is 0.434 e. The van der Waals surface area contributed by atoms with Gasteiger partial charge >= 0.3 is 6.18 Å². The van der Waals surface area contributed by atoms with Crippen LogP contribution in [0.2, 0.25) is 0 Å². The lowest BCUT2D eigenvalue weighted by Gasteiger charge is -2.33. The maximum absolute atomic E-state index is 15.1. The molecule has 0 saturated carbocycles. The summed E-state index contributed by atoms with van der Waals surface area (Å²) in [5.41, 5.74) is 4.02. The number of hydrogen-bond donors (Lipinski definition) is 2. The van der Waals surface area contributed by atoms with E-state index in [4.69, 9.17) is 15.2 Å². The Kier molecular flexibility index (Phi) is 8.04. The summed E-state index contributed by atoms with van der Waals surface area (Å²) >= 11 is 0. The van der Waals surface area contributed by atoms with Crippen molar-refractivity contribution in [2.45, 2.75) is 25.7 Å². The summed E-state index contributed by atoms with van der Waals surface area (Å²) in [4.78, 5) is 22.7. The second-order valence-electron chi connectivity index (χ2n) is 9.39. The molecule has 220 valence electrons. The molecule has 1 saturated heterocycles. The molecule has 1 aliphatic rings. The standard InChI is InChI=1S/C27H24F5N7O3/c1-15-14-41-10-9-38(15)13-18-21(6-8-34-24(18)33)42-22-5-4-16(11-20(22)29)37-26(40)17-12-36-39(23(17)27(30,31)32)25-19(28)3-2-7-35-25/h2-8,11-12,15H,9-10,13-14H2,1H3,(H2,33,34)(H,37,40)/t15-/m1/s1. The van der Waals surface area contributed by atoms with Gasteiger partial charge in [-0.3, -0.25) is 9.69 Å². The molecule has 1 aromatic carbocycles. The van der Waals surface area contributed by atoms with E-state index in [0.29, 0.717) is 38.1 Å². The molecule has 1 atom stereocenters. The van der Waals surface area contributed by atoms with Crippen molar-refractivity contribution in [2.75, 3.05) is 30.8 Å². The second-order valence-corrected chi connectivity index (χ2v) is 9.39. The van der Waals surface area contributed by atoms with Crippen LogP contribution >= 0.6 is 0 Å². The predicted octanol–water partition coefficient (Wildman–Crippen LogP) is 4.81. The highest BCUT2D eigenvalue weighted by molar-refractivity contribution is 6.05. The number of halogens is 5. The molecule has 0 spiro atoms. The summed E-state index contributed by atoms with van der Waals surface area (Å²) < 4.78 is 82.5. The number of pyridine rings is 2. The highest BCUT2D eigenvalue weighted by atomic mass is 19.4. The van der Waals surface area contributed by atoms with Gasteiger partial charge in [0.1, 0.15) is 11.6 Å². The van der Waals surface area contributed by atoms with Crippen LogP contribution in [0.5, 0.6) is 11.5 Å². The van der Waals surface area contributed by atoms with Crippen molar-refractivity contribution >= 4 is 17.4 Å². The van der Waals surface area contributed by atoms with Crippen LogP contribution < -0.4 is 15.8 Å². The zero-order valence-corrected chi connectivity index (χ0v) is 22.0. The molecule has 1 amide bonds. The molecule has 15 heteroatoms. The molecular formula is C27H24F5N7O3. The van der Waals surface area contributed by atoms with Crippen molar-refractivity contribution in [1.82, 2.24) is 24.6 Å². The Morgan fingerprint density at radius 2 is 1.95 bits per heavy atom. The Bertz CT molecular complexity index is 1610. The van der Waals surface area contributed by atoms with Gasteiger partial charge in [0.25, 0.3) is 5.91 Å². The van der Waals surface area contributed by atoms with Crippen LogP contribution in [0, 0.1) is 11.6 Å². The number of anilines is 2. The van der Waals surface area contributed by atoms with Crippen LogP contribution in [0.15, 0.2) is 55.0 Å². The first-order valence-corrected chi connectivity index (χ1v) is 12.6. The number of benzene rings is 1. The fraction of sp³-hybridized carbons (Fsp3) is 0.259. The quantitative estimate of drug-likeness (QED) is 0.295. The van der Waals surface area contributed by atoms with Gasteiger partial charge < -0.3 is 20.5 Å². The van der Waals surface area contributed by atoms with Crippen LogP contribution in [-0.4, -0.2) is 56.4 Å². The van der Waals surface area contributed by atoms with E-state index in [1.807, 2.05) is 6.92 Å². The molecule has 3 N–H and O–H groups in total. The van der Waals surface area contributed by atoms with Gasteiger partial charge in [0.2, 0.25) is 0 Å². The summed E-state index contributed by atoms with van der Waals surface area (Å²) in [5, 5.41) is 5.74. The Hall–Kier alpha value is -4.63. The van der Waals surface area contributed by atoms with E-state index in [-0.39, 0.29) is 33.7 Å². The molecule has 4 aromatic rings. The monoisotopic (exact) mass is 589 g/mol. The summed E-state index contributed by atoms with van der Waals surface area (Å²) in [6, 6.07) is 7.09. The molecule has 42 heavy (non-hydrogen) atoms. The number of carbonyl (C=O) groups is 1. The van der Waals surface area contributed by atoms with Crippen molar-refractivity contribution in [3.05, 3.63) is 83.4 Å². The summed E-state index contributed by atoms with van der Waals surface area (Å²) in [7, 11) is 0. The fourth-order valence-electron chi connectivity index (χ4n) is 4.40. The largest absolute Gasteiger partial charge is 0.454 e. The van der Waals surface area contributed by atoms with E-state index >= 15 is 4.39 Å². The molecule has 1 fully saturated rings. The summed E-state index contributed by atoms with van der Waals surface area (Å²) in [6.45, 7) is 4.13. The molecule has 3 aromatic heterocycles. The first-order chi connectivity index (χ1) is 20.0. The first kappa shape index (κ1) is 28.9. The van der Waals surface area contributed by atoms with Gasteiger partial charge in [-0.25, -0.2) is 23.4 Å². The van der Waals surface area contributed by atoms with Gasteiger partial charge in [0.05, 0.1) is 30.5 Å². The topological polar surface area (TPSA) is 120 Å². The number of ether oxygens (including phenoxy) is 2. The third-order valence-corrected chi connectivity index (χ3v) is 6.54. The maximum atomic E-state index is 15.1. The number of nitrogens with one attached hydrogen (secondary N) is 1. The van der Waals surface area contributed by atoms with E-state index in [9.17, 15) is 22.4 Å². The van der Waals surface area contributed by atoms with Gasteiger partial charge in [0, 0.05) is 43.3 Å². The zero-order chi connectivity index (χ0) is 30.0. The van der Waals surface area contributed by atoms with Gasteiger partial charge in [-0.15, -0.1) is 0 Å². The average Bonchev–Trinajstić information content (AvgIpc) is 3.39. The number of nitrogen functional groups attached to an aromatic ring is 1. The number of nitrogens with zero attached hydrogens (tertiary/aromatic N) is 5. The number of rotatable bonds is 7. The summed E-state index contributed by atoms with van der Waals surface area (Å²) in [5.74, 6) is -3.71. The minimum Gasteiger partial charge on any atom is -0.454 e. The number of morpholine rings is 1. The lowest BCUT2D eigenvalue weighted by molar-refractivity contribution is -0.143. The number of nitrogens with two attached hydrogens (primary N) is 1. The highest BCUT2D eigenvalue weighted by Gasteiger charge is 2.41. The molecular weight excluding hydrogens is 565 g/mol. The van der Waals surface area contributed by atoms with Crippen LogP contribution in [0.25, 0.3) is 5.82 Å². The molecule has 4 heterocycles. The van der Waals surface area contributed by atoms with E-state index in [2.05, 4.69) is 25.3 Å². The fourth-order valence-corrected chi connectivity index (χ4v) is 4.40. The Morgan fingerprint density at radius 3 is 2.67 bits per heavy atom. The Morgan fingerprint density at radius 1 is 1.14 bits per heavy atom. The highest BCUT2D eigenvalue weighted by Crippen LogP contribution is 2.35.